The Labute approximate surface area is 452 Å². The maximum absolute atomic E-state index is 15.4. The number of carboxylic acids is 2. The summed E-state index contributed by atoms with van der Waals surface area (Å²) < 4.78 is 40.6. The summed E-state index contributed by atoms with van der Waals surface area (Å²) in [4.78, 5) is 52.1. The van der Waals surface area contributed by atoms with Gasteiger partial charge < -0.3 is 99.5 Å². The maximum Gasteiger partial charge on any atom is 0.315 e. The molecule has 444 valence electrons. The molecule has 0 aromatic carbocycles. The van der Waals surface area contributed by atoms with E-state index in [1.807, 2.05) is 0 Å². The minimum Gasteiger partial charge on any atom is -0.481 e. The van der Waals surface area contributed by atoms with Crippen LogP contribution in [0, 0.1) is 50.2 Å². The molecular formula is C54H84O24. The third-order valence-electron chi connectivity index (χ3n) is 20.7. The molecule has 5 aliphatic carbocycles. The van der Waals surface area contributed by atoms with Gasteiger partial charge in [-0.25, -0.2) is 0 Å². The summed E-state index contributed by atoms with van der Waals surface area (Å²) in [5.74, 6) is -4.76. The van der Waals surface area contributed by atoms with Crippen LogP contribution in [-0.4, -0.2) is 214 Å². The minimum atomic E-state index is -2.06. The molecule has 0 amide bonds. The zero-order valence-corrected chi connectivity index (χ0v) is 45.5. The van der Waals surface area contributed by atoms with Crippen molar-refractivity contribution in [3.05, 3.63) is 11.6 Å². The number of allylic oxidation sites excluding steroid dienone is 2. The van der Waals surface area contributed by atoms with Crippen molar-refractivity contribution in [1.29, 1.82) is 0 Å². The number of ether oxygens (including phenoxy) is 7. The molecule has 0 aromatic rings. The van der Waals surface area contributed by atoms with E-state index < -0.39 is 182 Å². The van der Waals surface area contributed by atoms with Gasteiger partial charge in [0.2, 0.25) is 6.29 Å². The van der Waals surface area contributed by atoms with Crippen molar-refractivity contribution in [1.82, 2.24) is 0 Å². The highest BCUT2D eigenvalue weighted by atomic mass is 16.8. The number of carbonyl (C=O) groups is 4. The number of aliphatic carboxylic acids is 2. The molecule has 8 aliphatic rings. The van der Waals surface area contributed by atoms with Crippen molar-refractivity contribution in [2.24, 2.45) is 50.2 Å². The van der Waals surface area contributed by atoms with E-state index in [2.05, 4.69) is 40.7 Å². The van der Waals surface area contributed by atoms with Gasteiger partial charge in [0.05, 0.1) is 48.6 Å². The largest absolute Gasteiger partial charge is 0.481 e. The Morgan fingerprint density at radius 1 is 0.667 bits per heavy atom. The fourth-order valence-electron chi connectivity index (χ4n) is 15.7. The zero-order chi connectivity index (χ0) is 57.6. The van der Waals surface area contributed by atoms with Crippen LogP contribution in [0.1, 0.15) is 126 Å². The molecule has 3 aliphatic heterocycles. The normalized spacial score (nSPS) is 48.8. The van der Waals surface area contributed by atoms with E-state index in [0.717, 1.165) is 12.5 Å². The summed E-state index contributed by atoms with van der Waals surface area (Å²) in [6, 6.07) is 0. The van der Waals surface area contributed by atoms with Crippen LogP contribution in [0.15, 0.2) is 11.6 Å². The number of aliphatic hydroxyl groups excluding tert-OH is 10. The van der Waals surface area contributed by atoms with Gasteiger partial charge in [0.1, 0.15) is 79.9 Å². The molecule has 25 atom stereocenters. The molecule has 0 aromatic heterocycles. The van der Waals surface area contributed by atoms with Crippen molar-refractivity contribution < 1.29 is 119 Å². The predicted molar refractivity (Wildman–Crippen MR) is 264 cm³/mol. The quantitative estimate of drug-likeness (QED) is 0.0717. The highest BCUT2D eigenvalue weighted by Gasteiger charge is 2.71. The molecule has 3 heterocycles. The number of carboxylic acid groups (broad SMARTS) is 2. The van der Waals surface area contributed by atoms with Gasteiger partial charge >= 0.3 is 23.9 Å². The number of esters is 2. The van der Waals surface area contributed by atoms with E-state index in [0.29, 0.717) is 64.2 Å². The topological polar surface area (TPSA) is 396 Å². The average Bonchev–Trinajstić information content (AvgIpc) is 3.45. The van der Waals surface area contributed by atoms with Crippen LogP contribution in [-0.2, 0) is 52.3 Å². The number of aliphatic hydroxyl groups is 11. The molecule has 3 saturated heterocycles. The number of hydrogen-bond donors (Lipinski definition) is 13. The monoisotopic (exact) mass is 1120 g/mol. The van der Waals surface area contributed by atoms with Crippen LogP contribution in [0.25, 0.3) is 0 Å². The van der Waals surface area contributed by atoms with E-state index in [1.54, 1.807) is 6.92 Å². The highest BCUT2D eigenvalue weighted by Crippen LogP contribution is 2.76. The summed E-state index contributed by atoms with van der Waals surface area (Å²) >= 11 is 0. The first-order chi connectivity index (χ1) is 36.2. The van der Waals surface area contributed by atoms with Gasteiger partial charge in [0.15, 0.2) is 12.6 Å². The van der Waals surface area contributed by atoms with Crippen LogP contribution in [0.4, 0.5) is 0 Å². The van der Waals surface area contributed by atoms with Gasteiger partial charge in [-0.05, 0) is 117 Å². The van der Waals surface area contributed by atoms with Crippen molar-refractivity contribution in [2.45, 2.75) is 229 Å². The van der Waals surface area contributed by atoms with Crippen molar-refractivity contribution in [3.63, 3.8) is 0 Å². The third-order valence-corrected chi connectivity index (χ3v) is 20.7. The van der Waals surface area contributed by atoms with E-state index in [1.165, 1.54) is 0 Å². The molecule has 78 heavy (non-hydrogen) atoms. The molecule has 0 bridgehead atoms. The van der Waals surface area contributed by atoms with E-state index in [-0.39, 0.29) is 28.6 Å². The summed E-state index contributed by atoms with van der Waals surface area (Å²) in [6.45, 7) is 11.4. The molecule has 8 rings (SSSR count). The lowest BCUT2D eigenvalue weighted by Gasteiger charge is -2.71. The number of carbonyl (C=O) groups excluding carboxylic acids is 2. The van der Waals surface area contributed by atoms with Gasteiger partial charge in [-0.2, -0.15) is 0 Å². The van der Waals surface area contributed by atoms with Crippen LogP contribution in [0.3, 0.4) is 0 Å². The molecule has 0 spiro atoms. The van der Waals surface area contributed by atoms with Crippen LogP contribution in [0.2, 0.25) is 0 Å². The number of rotatable bonds is 15. The summed E-state index contributed by atoms with van der Waals surface area (Å²) in [7, 11) is 0. The molecule has 24 nitrogen and oxygen atoms in total. The second-order valence-corrected chi connectivity index (χ2v) is 26.0. The van der Waals surface area contributed by atoms with Crippen LogP contribution < -0.4 is 0 Å². The summed E-state index contributed by atoms with van der Waals surface area (Å²) in [5.41, 5.74) is -4.79. The molecule has 13 N–H and O–H groups in total. The first-order valence-electron chi connectivity index (χ1n) is 27.4. The van der Waals surface area contributed by atoms with Crippen LogP contribution in [0.5, 0.6) is 0 Å². The summed E-state index contributed by atoms with van der Waals surface area (Å²) in [5, 5.41) is 140. The molecule has 24 heteroatoms. The van der Waals surface area contributed by atoms with Crippen LogP contribution >= 0.6 is 0 Å². The fourth-order valence-corrected chi connectivity index (χ4v) is 15.7. The average molecular weight is 1120 g/mol. The Bertz CT molecular complexity index is 2260. The second-order valence-electron chi connectivity index (χ2n) is 26.0. The molecule has 4 saturated carbocycles. The SMILES string of the molecule is CC1(C)CCC2(C(=O)OC3OC(COC4OC(COC(=O)CC(C)(O)CC(=O)O)C(O)C(O)C4O)C(O)C(OC4OC(CO)C(O)C(O)C4O)C3O)CCC3(C)C(=CCC4C5(C)CCC(O)C(C)(C(=O)O)C5CCC43C)C2C1. The van der Waals surface area contributed by atoms with Crippen molar-refractivity contribution in [2.75, 3.05) is 19.8 Å². The van der Waals surface area contributed by atoms with Gasteiger partial charge in [-0.1, -0.05) is 46.3 Å². The lowest BCUT2D eigenvalue weighted by Crippen LogP contribution is -2.67. The Kier molecular flexibility index (Phi) is 17.2. The zero-order valence-electron chi connectivity index (χ0n) is 45.5. The predicted octanol–water partition coefficient (Wildman–Crippen LogP) is -0.628. The molecule has 0 radical (unpaired) electrons. The van der Waals surface area contributed by atoms with Crippen molar-refractivity contribution >= 4 is 23.9 Å². The van der Waals surface area contributed by atoms with Gasteiger partial charge in [0, 0.05) is 0 Å². The van der Waals surface area contributed by atoms with Gasteiger partial charge in [0.25, 0.3) is 0 Å². The third kappa shape index (κ3) is 10.5. The number of hydrogen-bond acceptors (Lipinski definition) is 22. The molecule has 7 fully saturated rings. The van der Waals surface area contributed by atoms with Gasteiger partial charge in [-0.15, -0.1) is 0 Å². The second kappa shape index (κ2) is 22.0. The Morgan fingerprint density at radius 2 is 1.27 bits per heavy atom. The van der Waals surface area contributed by atoms with Crippen molar-refractivity contribution in [3.8, 4) is 0 Å². The Morgan fingerprint density at radius 3 is 1.91 bits per heavy atom. The highest BCUT2D eigenvalue weighted by molar-refractivity contribution is 5.79. The molecule has 25 unspecified atom stereocenters. The first kappa shape index (κ1) is 61.1. The fraction of sp³-hybridized carbons (Fsp3) is 0.889. The van der Waals surface area contributed by atoms with Gasteiger partial charge in [-0.3, -0.25) is 19.2 Å². The van der Waals surface area contributed by atoms with E-state index >= 15 is 4.79 Å². The Balaban J connectivity index is 1.06. The first-order valence-corrected chi connectivity index (χ1v) is 27.4. The maximum atomic E-state index is 15.4. The minimum absolute atomic E-state index is 0.0640. The standard InChI is InChI=1S/C54H84O24/c1-48(2)14-16-54(17-15-51(5)24(25(54)18-48)8-9-29-50(4)12-11-31(56)53(7,46(68)69)30(50)10-13-52(29,51)6)47(70)78-45-41(67)42(77-44-40(66)37(63)34(60)26(21-55)74-44)36(62)28(76-45)23-73-43-39(65)38(64)35(61)27(75-43)22-72-33(59)20-49(3,71)19-32(57)58/h8,25-31,34-45,55-56,60-67,71H,9-23H2,1-7H3,(H,57,58)(H,68,69). The number of fused-ring (bicyclic) bond motifs is 7. The van der Waals surface area contributed by atoms with E-state index in [9.17, 15) is 75.7 Å². The Hall–Kier alpha value is -3.02. The smallest absolute Gasteiger partial charge is 0.315 e. The lowest BCUT2D eigenvalue weighted by atomic mass is 9.33. The van der Waals surface area contributed by atoms with E-state index in [4.69, 9.17) is 38.3 Å². The molecular weight excluding hydrogens is 1030 g/mol. The lowest BCUT2D eigenvalue weighted by molar-refractivity contribution is -0.363. The summed E-state index contributed by atoms with van der Waals surface area (Å²) in [6.07, 6.45) is -22.8.